The molecule has 0 aliphatic carbocycles. The van der Waals surface area contributed by atoms with Gasteiger partial charge in [0.2, 0.25) is 0 Å². The van der Waals surface area contributed by atoms with Crippen molar-refractivity contribution in [2.45, 2.75) is 51.5 Å². The van der Waals surface area contributed by atoms with Crippen LogP contribution in [-0.2, 0) is 25.7 Å². The van der Waals surface area contributed by atoms with Crippen molar-refractivity contribution in [3.63, 3.8) is 0 Å². The molecule has 1 aliphatic rings. The van der Waals surface area contributed by atoms with Gasteiger partial charge < -0.3 is 15.2 Å². The van der Waals surface area contributed by atoms with Crippen molar-refractivity contribution in [1.29, 1.82) is 0 Å². The highest BCUT2D eigenvalue weighted by molar-refractivity contribution is 5.79. The van der Waals surface area contributed by atoms with Gasteiger partial charge in [0.05, 0.1) is 5.56 Å². The zero-order valence-corrected chi connectivity index (χ0v) is 18.0. The quantitative estimate of drug-likeness (QED) is 0.515. The van der Waals surface area contributed by atoms with Crippen LogP contribution < -0.4 is 10.6 Å². The summed E-state index contributed by atoms with van der Waals surface area (Å²) in [5, 5.41) is 14.8. The first-order valence-corrected chi connectivity index (χ1v) is 10.6. The number of aliphatic imine (C=N–C) groups is 1. The van der Waals surface area contributed by atoms with Crippen molar-refractivity contribution in [3.8, 4) is 0 Å². The Morgan fingerprint density at radius 3 is 2.71 bits per heavy atom. The second-order valence-electron chi connectivity index (χ2n) is 7.69. The number of piperidine rings is 1. The molecule has 1 aromatic heterocycles. The maximum Gasteiger partial charge on any atom is 0.416 e. The summed E-state index contributed by atoms with van der Waals surface area (Å²) in [4.78, 5) is 6.49. The number of hydrogen-bond acceptors (Lipinski definition) is 4. The molecule has 2 heterocycles. The van der Waals surface area contributed by atoms with Gasteiger partial charge in [-0.05, 0) is 24.5 Å². The van der Waals surface area contributed by atoms with E-state index in [-0.39, 0.29) is 6.04 Å². The fraction of sp³-hybridized carbons (Fsp3) is 0.571. The van der Waals surface area contributed by atoms with Gasteiger partial charge in [-0.25, -0.2) is 0 Å². The second-order valence-corrected chi connectivity index (χ2v) is 7.69. The van der Waals surface area contributed by atoms with E-state index in [1.165, 1.54) is 12.1 Å². The van der Waals surface area contributed by atoms with Gasteiger partial charge in [0.25, 0.3) is 0 Å². The third kappa shape index (κ3) is 6.68. The zero-order chi connectivity index (χ0) is 22.3. The smallest absolute Gasteiger partial charge is 0.355 e. The van der Waals surface area contributed by atoms with Gasteiger partial charge in [-0.2, -0.15) is 13.2 Å². The van der Waals surface area contributed by atoms with Gasteiger partial charge in [0.1, 0.15) is 12.2 Å². The summed E-state index contributed by atoms with van der Waals surface area (Å²) in [7, 11) is 1.74. The van der Waals surface area contributed by atoms with Crippen LogP contribution in [-0.4, -0.2) is 58.3 Å². The highest BCUT2D eigenvalue weighted by Gasteiger charge is 2.30. The number of rotatable bonds is 7. The van der Waals surface area contributed by atoms with Crippen LogP contribution in [0.5, 0.6) is 0 Å². The number of nitrogens with zero attached hydrogens (tertiary/aromatic N) is 5. The van der Waals surface area contributed by atoms with Crippen LogP contribution in [0.4, 0.5) is 13.2 Å². The van der Waals surface area contributed by atoms with E-state index in [4.69, 9.17) is 0 Å². The third-order valence-corrected chi connectivity index (χ3v) is 5.47. The Morgan fingerprint density at radius 2 is 2.03 bits per heavy atom. The molecule has 0 saturated carbocycles. The van der Waals surface area contributed by atoms with E-state index in [1.807, 2.05) is 11.5 Å². The van der Waals surface area contributed by atoms with E-state index < -0.39 is 11.7 Å². The van der Waals surface area contributed by atoms with Crippen LogP contribution in [0.25, 0.3) is 0 Å². The van der Waals surface area contributed by atoms with Crippen molar-refractivity contribution in [1.82, 2.24) is 30.3 Å². The predicted molar refractivity (Wildman–Crippen MR) is 114 cm³/mol. The summed E-state index contributed by atoms with van der Waals surface area (Å²) in [6.07, 6.45) is 0.0847. The van der Waals surface area contributed by atoms with E-state index in [1.54, 1.807) is 19.4 Å². The number of aryl methyl sites for hydroxylation is 1. The molecule has 0 atom stereocenters. The molecule has 10 heteroatoms. The lowest BCUT2D eigenvalue weighted by molar-refractivity contribution is -0.137. The minimum Gasteiger partial charge on any atom is -0.355 e. The Morgan fingerprint density at radius 1 is 1.26 bits per heavy atom. The van der Waals surface area contributed by atoms with Crippen molar-refractivity contribution in [3.05, 3.63) is 47.5 Å². The largest absolute Gasteiger partial charge is 0.416 e. The Balaban J connectivity index is 1.42. The molecule has 0 bridgehead atoms. The number of benzene rings is 1. The van der Waals surface area contributed by atoms with E-state index in [2.05, 4.69) is 30.7 Å². The van der Waals surface area contributed by atoms with Crippen molar-refractivity contribution >= 4 is 5.96 Å². The van der Waals surface area contributed by atoms with E-state index in [0.29, 0.717) is 18.7 Å². The Hall–Kier alpha value is -2.62. The Bertz CT molecular complexity index is 855. The molecule has 1 aromatic carbocycles. The zero-order valence-electron chi connectivity index (χ0n) is 18.0. The maximum atomic E-state index is 12.9. The van der Waals surface area contributed by atoms with Crippen molar-refractivity contribution < 1.29 is 13.2 Å². The molecular formula is C21H30F3N7. The molecule has 1 saturated heterocycles. The molecule has 0 amide bonds. The minimum absolute atomic E-state index is 0.282. The summed E-state index contributed by atoms with van der Waals surface area (Å²) in [6, 6.07) is 5.88. The second kappa shape index (κ2) is 10.6. The molecule has 2 aromatic rings. The molecule has 2 N–H and O–H groups in total. The summed E-state index contributed by atoms with van der Waals surface area (Å²) in [5.41, 5.74) is 0.105. The first-order chi connectivity index (χ1) is 14.9. The molecule has 1 aliphatic heterocycles. The molecule has 170 valence electrons. The lowest BCUT2D eigenvalue weighted by Crippen LogP contribution is -2.49. The van der Waals surface area contributed by atoms with Crippen LogP contribution in [0.2, 0.25) is 0 Å². The maximum absolute atomic E-state index is 12.9. The van der Waals surface area contributed by atoms with E-state index in [0.717, 1.165) is 56.7 Å². The van der Waals surface area contributed by atoms with Gasteiger partial charge in [0, 0.05) is 52.2 Å². The number of guanidine groups is 1. The van der Waals surface area contributed by atoms with Gasteiger partial charge in [-0.3, -0.25) is 9.89 Å². The van der Waals surface area contributed by atoms with Crippen LogP contribution in [0.1, 0.15) is 36.7 Å². The number of nitrogens with one attached hydrogen (secondary N) is 2. The monoisotopic (exact) mass is 437 g/mol. The molecule has 0 unspecified atom stereocenters. The van der Waals surface area contributed by atoms with Crippen LogP contribution in [0, 0.1) is 0 Å². The lowest BCUT2D eigenvalue weighted by Gasteiger charge is -2.33. The molecule has 0 spiro atoms. The average molecular weight is 438 g/mol. The molecule has 7 nitrogen and oxygen atoms in total. The van der Waals surface area contributed by atoms with Crippen molar-refractivity contribution in [2.75, 3.05) is 26.7 Å². The van der Waals surface area contributed by atoms with Crippen LogP contribution >= 0.6 is 0 Å². The van der Waals surface area contributed by atoms with Crippen LogP contribution in [0.15, 0.2) is 35.6 Å². The molecule has 1 fully saturated rings. The van der Waals surface area contributed by atoms with Gasteiger partial charge in [-0.15, -0.1) is 10.2 Å². The van der Waals surface area contributed by atoms with Gasteiger partial charge in [-0.1, -0.05) is 25.1 Å². The first kappa shape index (κ1) is 23.1. The molecule has 0 radical (unpaired) electrons. The highest BCUT2D eigenvalue weighted by Crippen LogP contribution is 2.30. The predicted octanol–water partition coefficient (Wildman–Crippen LogP) is 2.69. The number of aromatic nitrogens is 3. The lowest BCUT2D eigenvalue weighted by atomic mass is 10.0. The third-order valence-electron chi connectivity index (χ3n) is 5.47. The normalized spacial score (nSPS) is 16.5. The van der Waals surface area contributed by atoms with Crippen LogP contribution in [0.3, 0.4) is 0 Å². The standard InChI is InChI=1S/C21H30F3N7/c1-3-19-29-27-15-31(19)12-9-26-20(25-2)28-18-7-10-30(11-8-18)14-16-5-4-6-17(13-16)21(22,23)24/h4-6,13,15,18H,3,7-12,14H2,1-2H3,(H2,25,26,28). The molecular weight excluding hydrogens is 407 g/mol. The summed E-state index contributed by atoms with van der Waals surface area (Å²) >= 11 is 0. The highest BCUT2D eigenvalue weighted by atomic mass is 19.4. The number of alkyl halides is 3. The topological polar surface area (TPSA) is 70.4 Å². The summed E-state index contributed by atoms with van der Waals surface area (Å²) in [6.45, 7) is 5.69. The Labute approximate surface area is 180 Å². The average Bonchev–Trinajstić information content (AvgIpc) is 3.21. The minimum atomic E-state index is -4.30. The van der Waals surface area contributed by atoms with Crippen molar-refractivity contribution in [2.24, 2.45) is 4.99 Å². The van der Waals surface area contributed by atoms with E-state index in [9.17, 15) is 13.2 Å². The van der Waals surface area contributed by atoms with Gasteiger partial charge >= 0.3 is 6.18 Å². The Kier molecular flexibility index (Phi) is 7.89. The molecule has 31 heavy (non-hydrogen) atoms. The fourth-order valence-corrected chi connectivity index (χ4v) is 3.76. The number of likely N-dealkylation sites (tertiary alicyclic amines) is 1. The summed E-state index contributed by atoms with van der Waals surface area (Å²) < 4.78 is 40.8. The summed E-state index contributed by atoms with van der Waals surface area (Å²) in [5.74, 6) is 1.71. The fourth-order valence-electron chi connectivity index (χ4n) is 3.76. The number of hydrogen-bond donors (Lipinski definition) is 2. The molecule has 3 rings (SSSR count). The number of halogens is 3. The van der Waals surface area contributed by atoms with Gasteiger partial charge in [0.15, 0.2) is 5.96 Å². The first-order valence-electron chi connectivity index (χ1n) is 10.6. The van der Waals surface area contributed by atoms with E-state index >= 15 is 0 Å². The SMILES string of the molecule is CCc1nncn1CCNC(=NC)NC1CCN(Cc2cccc(C(F)(F)F)c2)CC1.